The lowest BCUT2D eigenvalue weighted by Gasteiger charge is -2.07. The number of carbonyl (C=O) groups excluding carboxylic acids is 1. The van der Waals surface area contributed by atoms with Crippen LogP contribution in [0.4, 0.5) is 11.4 Å². The summed E-state index contributed by atoms with van der Waals surface area (Å²) in [6, 6.07) is 2.33. The highest BCUT2D eigenvalue weighted by atomic mass is 16.6. The summed E-state index contributed by atoms with van der Waals surface area (Å²) in [5.74, 6) is 1.62. The maximum Gasteiger partial charge on any atom is 0.346 e. The molecule has 0 aromatic heterocycles. The summed E-state index contributed by atoms with van der Waals surface area (Å²) in [5.41, 5.74) is -1.49. The number of hydrogen-bond acceptors (Lipinski definition) is 5. The van der Waals surface area contributed by atoms with Crippen LogP contribution in [-0.2, 0) is 0 Å². The maximum atomic E-state index is 11.7. The molecule has 0 radical (unpaired) electrons. The summed E-state index contributed by atoms with van der Waals surface area (Å²) in [5, 5.41) is 23.7. The van der Waals surface area contributed by atoms with Crippen LogP contribution in [0.3, 0.4) is 0 Å². The van der Waals surface area contributed by atoms with Gasteiger partial charge in [-0.1, -0.05) is 5.92 Å². The number of terminal acetylenes is 1. The minimum atomic E-state index is -0.917. The third-order valence-corrected chi connectivity index (χ3v) is 2.23. The summed E-state index contributed by atoms with van der Waals surface area (Å²) in [7, 11) is 0. The average Bonchev–Trinajstić information content (AvgIpc) is 2.37. The molecule has 0 fully saturated rings. The van der Waals surface area contributed by atoms with Crippen LogP contribution in [0.1, 0.15) is 17.3 Å². The van der Waals surface area contributed by atoms with Crippen LogP contribution in [0, 0.1) is 32.6 Å². The van der Waals surface area contributed by atoms with Gasteiger partial charge in [0.15, 0.2) is 0 Å². The summed E-state index contributed by atoms with van der Waals surface area (Å²) in [6.07, 6.45) is 5.08. The Morgan fingerprint density at radius 1 is 1.32 bits per heavy atom. The largest absolute Gasteiger partial charge is 0.346 e. The minimum Gasteiger partial charge on any atom is -0.339 e. The minimum absolute atomic E-state index is 0.0700. The first kappa shape index (κ1) is 14.1. The van der Waals surface area contributed by atoms with Gasteiger partial charge in [0, 0.05) is 17.7 Å². The number of nitrogens with one attached hydrogen (secondary N) is 1. The van der Waals surface area contributed by atoms with E-state index in [1.54, 1.807) is 6.92 Å². The molecule has 98 valence electrons. The van der Waals surface area contributed by atoms with Gasteiger partial charge in [-0.15, -0.1) is 6.42 Å². The third kappa shape index (κ3) is 3.26. The van der Waals surface area contributed by atoms with Gasteiger partial charge in [0.05, 0.1) is 15.9 Å². The molecular formula is C11H9N3O5. The maximum absolute atomic E-state index is 11.7. The fourth-order valence-electron chi connectivity index (χ4n) is 1.29. The van der Waals surface area contributed by atoms with E-state index < -0.39 is 33.2 Å². The lowest BCUT2D eigenvalue weighted by molar-refractivity contribution is -0.422. The molecule has 1 atom stereocenters. The van der Waals surface area contributed by atoms with Crippen molar-refractivity contribution in [2.24, 2.45) is 0 Å². The standard InChI is InChI=1S/C11H9N3O5/c1-3-7(2)12-11(15)8-4-5-9(13(16)17)10(6-8)14(18)19/h1,4-7H,2H3,(H,12,15). The molecule has 1 rings (SSSR count). The van der Waals surface area contributed by atoms with Gasteiger partial charge in [-0.2, -0.15) is 0 Å². The Bertz CT molecular complexity index is 590. The molecule has 19 heavy (non-hydrogen) atoms. The van der Waals surface area contributed by atoms with Gasteiger partial charge in [-0.3, -0.25) is 25.0 Å². The second-order valence-electron chi connectivity index (χ2n) is 3.58. The average molecular weight is 263 g/mol. The normalized spacial score (nSPS) is 11.2. The van der Waals surface area contributed by atoms with Gasteiger partial charge in [0.1, 0.15) is 0 Å². The van der Waals surface area contributed by atoms with E-state index in [-0.39, 0.29) is 5.56 Å². The highest BCUT2D eigenvalue weighted by Gasteiger charge is 2.25. The van der Waals surface area contributed by atoms with E-state index in [4.69, 9.17) is 6.42 Å². The van der Waals surface area contributed by atoms with Crippen LogP contribution in [0.25, 0.3) is 0 Å². The number of carbonyl (C=O) groups is 1. The number of hydrogen-bond donors (Lipinski definition) is 1. The predicted molar refractivity (Wildman–Crippen MR) is 65.5 cm³/mol. The molecule has 0 spiro atoms. The molecule has 0 saturated carbocycles. The first-order chi connectivity index (χ1) is 8.86. The van der Waals surface area contributed by atoms with Crippen LogP contribution in [-0.4, -0.2) is 21.8 Å². The van der Waals surface area contributed by atoms with Gasteiger partial charge < -0.3 is 5.32 Å². The van der Waals surface area contributed by atoms with Crippen molar-refractivity contribution in [3.05, 3.63) is 44.0 Å². The van der Waals surface area contributed by atoms with Gasteiger partial charge in [-0.05, 0) is 13.0 Å². The van der Waals surface area contributed by atoms with E-state index in [9.17, 15) is 25.0 Å². The fourth-order valence-corrected chi connectivity index (χ4v) is 1.29. The molecule has 1 unspecified atom stereocenters. The summed E-state index contributed by atoms with van der Waals surface area (Å²) < 4.78 is 0. The van der Waals surface area contributed by atoms with E-state index in [1.165, 1.54) is 0 Å². The van der Waals surface area contributed by atoms with Crippen LogP contribution < -0.4 is 5.32 Å². The van der Waals surface area contributed by atoms with E-state index in [0.29, 0.717) is 0 Å². The second-order valence-corrected chi connectivity index (χ2v) is 3.58. The predicted octanol–water partition coefficient (Wildman–Crippen LogP) is 1.25. The quantitative estimate of drug-likeness (QED) is 0.498. The zero-order valence-electron chi connectivity index (χ0n) is 9.82. The summed E-state index contributed by atoms with van der Waals surface area (Å²) in [6.45, 7) is 1.55. The Hall–Kier alpha value is -2.95. The van der Waals surface area contributed by atoms with Crippen molar-refractivity contribution >= 4 is 17.3 Å². The van der Waals surface area contributed by atoms with Crippen molar-refractivity contribution < 1.29 is 14.6 Å². The third-order valence-electron chi connectivity index (χ3n) is 2.23. The van der Waals surface area contributed by atoms with E-state index in [2.05, 4.69) is 11.2 Å². The molecule has 0 bridgehead atoms. The number of benzene rings is 1. The second kappa shape index (κ2) is 5.59. The Balaban J connectivity index is 3.16. The van der Waals surface area contributed by atoms with E-state index in [0.717, 1.165) is 18.2 Å². The van der Waals surface area contributed by atoms with Crippen LogP contribution in [0.2, 0.25) is 0 Å². The van der Waals surface area contributed by atoms with Crippen LogP contribution in [0.15, 0.2) is 18.2 Å². The molecule has 1 N–H and O–H groups in total. The molecule has 0 aliphatic rings. The Morgan fingerprint density at radius 3 is 2.37 bits per heavy atom. The monoisotopic (exact) mass is 263 g/mol. The molecule has 8 heteroatoms. The van der Waals surface area contributed by atoms with Gasteiger partial charge >= 0.3 is 11.4 Å². The molecule has 0 saturated heterocycles. The van der Waals surface area contributed by atoms with Crippen molar-refractivity contribution in [2.45, 2.75) is 13.0 Å². The van der Waals surface area contributed by atoms with E-state index >= 15 is 0 Å². The SMILES string of the molecule is C#CC(C)NC(=O)c1ccc([N+](=O)[O-])c([N+](=O)[O-])c1. The fraction of sp³-hybridized carbons (Fsp3) is 0.182. The topological polar surface area (TPSA) is 115 Å². The van der Waals surface area contributed by atoms with Crippen molar-refractivity contribution in [1.29, 1.82) is 0 Å². The number of nitrogens with zero attached hydrogens (tertiary/aromatic N) is 2. The Kier molecular flexibility index (Phi) is 4.15. The number of nitro benzene ring substituents is 2. The Morgan fingerprint density at radius 2 is 1.89 bits per heavy atom. The van der Waals surface area contributed by atoms with Crippen LogP contribution >= 0.6 is 0 Å². The molecule has 0 aliphatic heterocycles. The molecule has 8 nitrogen and oxygen atoms in total. The molecule has 0 heterocycles. The lowest BCUT2D eigenvalue weighted by Crippen LogP contribution is -2.31. The van der Waals surface area contributed by atoms with Crippen molar-refractivity contribution in [2.75, 3.05) is 0 Å². The Labute approximate surface area is 107 Å². The first-order valence-corrected chi connectivity index (χ1v) is 5.06. The number of amides is 1. The zero-order valence-corrected chi connectivity index (χ0v) is 9.82. The molecule has 0 aliphatic carbocycles. The van der Waals surface area contributed by atoms with Gasteiger partial charge in [0.2, 0.25) is 0 Å². The lowest BCUT2D eigenvalue weighted by atomic mass is 10.1. The first-order valence-electron chi connectivity index (χ1n) is 5.06. The number of rotatable bonds is 4. The highest BCUT2D eigenvalue weighted by molar-refractivity contribution is 5.95. The van der Waals surface area contributed by atoms with E-state index in [1.807, 2.05) is 0 Å². The van der Waals surface area contributed by atoms with Crippen molar-refractivity contribution in [3.63, 3.8) is 0 Å². The zero-order chi connectivity index (χ0) is 14.6. The molecule has 1 aromatic carbocycles. The van der Waals surface area contributed by atoms with Gasteiger partial charge in [0.25, 0.3) is 5.91 Å². The van der Waals surface area contributed by atoms with Crippen LogP contribution in [0.5, 0.6) is 0 Å². The summed E-state index contributed by atoms with van der Waals surface area (Å²) in [4.78, 5) is 31.2. The molecular weight excluding hydrogens is 254 g/mol. The number of nitro groups is 2. The van der Waals surface area contributed by atoms with Crippen molar-refractivity contribution in [1.82, 2.24) is 5.32 Å². The molecule has 1 amide bonds. The van der Waals surface area contributed by atoms with Gasteiger partial charge in [-0.25, -0.2) is 0 Å². The highest BCUT2D eigenvalue weighted by Crippen LogP contribution is 2.27. The summed E-state index contributed by atoms with van der Waals surface area (Å²) >= 11 is 0. The van der Waals surface area contributed by atoms with Crippen molar-refractivity contribution in [3.8, 4) is 12.3 Å². The smallest absolute Gasteiger partial charge is 0.339 e. The molecule has 1 aromatic rings.